The van der Waals surface area contributed by atoms with E-state index in [4.69, 9.17) is 14.2 Å². The fourth-order valence-electron chi connectivity index (χ4n) is 11.6. The molecule has 0 rings (SSSR count). The van der Waals surface area contributed by atoms with Crippen LogP contribution in [0.25, 0.3) is 0 Å². The van der Waals surface area contributed by atoms with Crippen molar-refractivity contribution in [1.29, 1.82) is 0 Å². The maximum atomic E-state index is 13.0. The highest BCUT2D eigenvalue weighted by Gasteiger charge is 2.20. The lowest BCUT2D eigenvalue weighted by Gasteiger charge is -2.18. The van der Waals surface area contributed by atoms with Gasteiger partial charge >= 0.3 is 17.9 Å². The summed E-state index contributed by atoms with van der Waals surface area (Å²) in [6, 6.07) is 0. The van der Waals surface area contributed by atoms with Gasteiger partial charge in [0, 0.05) is 19.3 Å². The normalized spacial score (nSPS) is 12.1. The molecule has 0 aliphatic heterocycles. The van der Waals surface area contributed by atoms with E-state index in [1.165, 1.54) is 321 Å². The zero-order valence-corrected chi connectivity index (χ0v) is 55.8. The van der Waals surface area contributed by atoms with Crippen LogP contribution in [0, 0.1) is 0 Å². The summed E-state index contributed by atoms with van der Waals surface area (Å²) < 4.78 is 17.0. The van der Waals surface area contributed by atoms with Crippen molar-refractivity contribution < 1.29 is 28.6 Å². The van der Waals surface area contributed by atoms with Crippen molar-refractivity contribution >= 4 is 17.9 Å². The maximum Gasteiger partial charge on any atom is 0.306 e. The monoisotopic (exact) mass is 1150 g/mol. The summed E-state index contributed by atoms with van der Waals surface area (Å²) in [4.78, 5) is 38.4. The lowest BCUT2D eigenvalue weighted by atomic mass is 10.0. The van der Waals surface area contributed by atoms with Crippen LogP contribution in [-0.2, 0) is 28.6 Å². The van der Waals surface area contributed by atoms with Gasteiger partial charge in [0.25, 0.3) is 0 Å². The molecule has 82 heavy (non-hydrogen) atoms. The number of carbonyl (C=O) groups excluding carboxylic acids is 3. The Morgan fingerprint density at radius 2 is 0.402 bits per heavy atom. The molecule has 1 unspecified atom stereocenters. The molecule has 0 aromatic carbocycles. The van der Waals surface area contributed by atoms with E-state index in [-0.39, 0.29) is 31.1 Å². The summed E-state index contributed by atoms with van der Waals surface area (Å²) in [5.74, 6) is -0.842. The first-order valence-corrected chi connectivity index (χ1v) is 37.3. The first kappa shape index (κ1) is 79.9. The Bertz CT molecular complexity index is 1320. The largest absolute Gasteiger partial charge is 0.462 e. The molecule has 6 nitrogen and oxygen atoms in total. The number of ether oxygens (including phenoxy) is 3. The van der Waals surface area contributed by atoms with Gasteiger partial charge in [0.15, 0.2) is 6.10 Å². The van der Waals surface area contributed by atoms with E-state index in [1.807, 2.05) is 0 Å². The van der Waals surface area contributed by atoms with Gasteiger partial charge in [-0.3, -0.25) is 14.4 Å². The van der Waals surface area contributed by atoms with Crippen LogP contribution in [0.4, 0.5) is 0 Å². The highest BCUT2D eigenvalue weighted by Crippen LogP contribution is 2.19. The van der Waals surface area contributed by atoms with Crippen LogP contribution < -0.4 is 0 Å². The van der Waals surface area contributed by atoms with Crippen molar-refractivity contribution in [2.75, 3.05) is 13.2 Å². The SMILES string of the molecule is CCCCCC/C=C\CCCCCCCC(=O)OCC(COC(=O)CCCCCCCCCCCCCCCCCCCCC/C=C\CCCCCCCCCC)OC(=O)CCCCCCCCCCCCCCCCCCCCCC. The summed E-state index contributed by atoms with van der Waals surface area (Å²) in [6.45, 7) is 6.70. The van der Waals surface area contributed by atoms with Crippen molar-refractivity contribution in [3.8, 4) is 0 Å². The first-order valence-electron chi connectivity index (χ1n) is 37.3. The number of esters is 3. The summed E-state index contributed by atoms with van der Waals surface area (Å²) in [7, 11) is 0. The van der Waals surface area contributed by atoms with Crippen LogP contribution >= 0.6 is 0 Å². The van der Waals surface area contributed by atoms with E-state index in [9.17, 15) is 14.4 Å². The Balaban J connectivity index is 4.14. The molecule has 0 aliphatic carbocycles. The Labute approximate surface area is 513 Å². The molecule has 1 atom stereocenters. The third-order valence-electron chi connectivity index (χ3n) is 17.2. The van der Waals surface area contributed by atoms with E-state index >= 15 is 0 Å². The minimum absolute atomic E-state index is 0.0671. The molecule has 0 N–H and O–H groups in total. The number of carbonyl (C=O) groups is 3. The molecule has 0 saturated heterocycles. The number of hydrogen-bond acceptors (Lipinski definition) is 6. The number of unbranched alkanes of at least 4 members (excludes halogenated alkanes) is 55. The maximum absolute atomic E-state index is 13.0. The van der Waals surface area contributed by atoms with E-state index in [1.54, 1.807) is 0 Å². The summed E-state index contributed by atoms with van der Waals surface area (Å²) in [6.07, 6.45) is 88.0. The highest BCUT2D eigenvalue weighted by molar-refractivity contribution is 5.71. The summed E-state index contributed by atoms with van der Waals surface area (Å²) in [5, 5.41) is 0. The predicted molar refractivity (Wildman–Crippen MR) is 358 cm³/mol. The molecule has 0 amide bonds. The van der Waals surface area contributed by atoms with Crippen LogP contribution in [0.15, 0.2) is 24.3 Å². The lowest BCUT2D eigenvalue weighted by molar-refractivity contribution is -0.167. The van der Waals surface area contributed by atoms with Crippen LogP contribution in [0.5, 0.6) is 0 Å². The second-order valence-corrected chi connectivity index (χ2v) is 25.6. The zero-order chi connectivity index (χ0) is 59.2. The van der Waals surface area contributed by atoms with Gasteiger partial charge in [-0.05, 0) is 70.6 Å². The third-order valence-corrected chi connectivity index (χ3v) is 17.2. The fraction of sp³-hybridized carbons (Fsp3) is 0.908. The lowest BCUT2D eigenvalue weighted by Crippen LogP contribution is -2.30. The molecule has 0 aromatic rings. The highest BCUT2D eigenvalue weighted by atomic mass is 16.6. The molecule has 0 aromatic heterocycles. The third kappa shape index (κ3) is 68.7. The average molecular weight is 1150 g/mol. The molecular weight excluding hydrogens is 1010 g/mol. The van der Waals surface area contributed by atoms with Crippen LogP contribution in [-0.4, -0.2) is 37.2 Å². The summed E-state index contributed by atoms with van der Waals surface area (Å²) >= 11 is 0. The molecule has 6 heteroatoms. The van der Waals surface area contributed by atoms with Crippen molar-refractivity contribution in [2.45, 2.75) is 431 Å². The molecular formula is C76H144O6. The van der Waals surface area contributed by atoms with Gasteiger partial charge in [-0.25, -0.2) is 0 Å². The van der Waals surface area contributed by atoms with Gasteiger partial charge in [-0.15, -0.1) is 0 Å². The smallest absolute Gasteiger partial charge is 0.306 e. The van der Waals surface area contributed by atoms with Crippen molar-refractivity contribution in [3.05, 3.63) is 24.3 Å². The molecule has 0 aliphatic rings. The second-order valence-electron chi connectivity index (χ2n) is 25.6. The van der Waals surface area contributed by atoms with Crippen LogP contribution in [0.3, 0.4) is 0 Å². The fourth-order valence-corrected chi connectivity index (χ4v) is 11.6. The van der Waals surface area contributed by atoms with Crippen LogP contribution in [0.2, 0.25) is 0 Å². The molecule has 0 fully saturated rings. The molecule has 0 spiro atoms. The molecule has 0 heterocycles. The minimum atomic E-state index is -0.771. The van der Waals surface area contributed by atoms with Gasteiger partial charge in [-0.2, -0.15) is 0 Å². The van der Waals surface area contributed by atoms with Gasteiger partial charge in [0.1, 0.15) is 13.2 Å². The van der Waals surface area contributed by atoms with Gasteiger partial charge in [0.2, 0.25) is 0 Å². The predicted octanol–water partition coefficient (Wildman–Crippen LogP) is 25.7. The number of rotatable bonds is 70. The quantitative estimate of drug-likeness (QED) is 0.0261. The Hall–Kier alpha value is -2.11. The van der Waals surface area contributed by atoms with E-state index in [0.717, 1.165) is 64.2 Å². The number of hydrogen-bond donors (Lipinski definition) is 0. The Morgan fingerprint density at radius 1 is 0.232 bits per heavy atom. The zero-order valence-electron chi connectivity index (χ0n) is 55.8. The summed E-state index contributed by atoms with van der Waals surface area (Å²) in [5.41, 5.74) is 0. The molecule has 0 radical (unpaired) electrons. The first-order chi connectivity index (χ1) is 40.5. The van der Waals surface area contributed by atoms with E-state index in [2.05, 4.69) is 45.1 Å². The molecule has 0 bridgehead atoms. The Morgan fingerprint density at radius 3 is 0.622 bits per heavy atom. The van der Waals surface area contributed by atoms with Crippen LogP contribution in [0.1, 0.15) is 425 Å². The van der Waals surface area contributed by atoms with E-state index in [0.29, 0.717) is 19.3 Å². The standard InChI is InChI=1S/C76H144O6/c1-4-7-10-13-16-19-22-25-27-29-31-33-34-35-36-37-38-39-40-41-42-43-45-46-48-51-54-57-60-63-66-69-75(78)81-72-73(71-80-74(77)68-65-62-59-56-53-50-24-21-18-15-12-9-6-3)82-76(79)70-67-64-61-58-55-52-49-47-44-32-30-28-26-23-20-17-14-11-8-5-2/h21,24,29,31,73H,4-20,22-23,25-28,30,32-72H2,1-3H3/b24-21-,31-29-. The minimum Gasteiger partial charge on any atom is -0.462 e. The molecule has 484 valence electrons. The Kier molecular flexibility index (Phi) is 69.5. The number of allylic oxidation sites excluding steroid dienone is 4. The van der Waals surface area contributed by atoms with Gasteiger partial charge in [0.05, 0.1) is 0 Å². The van der Waals surface area contributed by atoms with Gasteiger partial charge < -0.3 is 14.2 Å². The second kappa shape index (κ2) is 71.4. The van der Waals surface area contributed by atoms with Crippen molar-refractivity contribution in [1.82, 2.24) is 0 Å². The van der Waals surface area contributed by atoms with E-state index < -0.39 is 6.10 Å². The average Bonchev–Trinajstić information content (AvgIpc) is 3.47. The topological polar surface area (TPSA) is 78.9 Å². The molecule has 0 saturated carbocycles. The van der Waals surface area contributed by atoms with Crippen molar-refractivity contribution in [3.63, 3.8) is 0 Å². The van der Waals surface area contributed by atoms with Gasteiger partial charge in [-0.1, -0.05) is 360 Å². The van der Waals surface area contributed by atoms with Crippen molar-refractivity contribution in [2.24, 2.45) is 0 Å².